The van der Waals surface area contributed by atoms with Crippen molar-refractivity contribution in [1.82, 2.24) is 0 Å². The lowest BCUT2D eigenvalue weighted by Gasteiger charge is -2.11. The molecule has 0 unspecified atom stereocenters. The van der Waals surface area contributed by atoms with Crippen LogP contribution in [0.3, 0.4) is 0 Å². The molecule has 0 fully saturated rings. The second-order valence-electron chi connectivity index (χ2n) is 4.99. The summed E-state index contributed by atoms with van der Waals surface area (Å²) in [5.74, 6) is 1.35. The predicted octanol–water partition coefficient (Wildman–Crippen LogP) is 1.98. The number of nitrogens with two attached hydrogens (primary N) is 1. The molecular weight excluding hydrogens is 262 g/mol. The highest BCUT2D eigenvalue weighted by Gasteiger charge is 2.12. The minimum Gasteiger partial charge on any atom is -0.492 e. The first kappa shape index (κ1) is 16.0. The molecule has 0 bridgehead atoms. The minimum atomic E-state index is -3.02. The van der Waals surface area contributed by atoms with E-state index < -0.39 is 9.84 Å². The summed E-state index contributed by atoms with van der Waals surface area (Å²) in [7, 11) is -3.02. The molecule has 1 aromatic rings. The number of hydrogen-bond acceptors (Lipinski definition) is 4. The van der Waals surface area contributed by atoms with Gasteiger partial charge in [0.05, 0.1) is 11.5 Å². The second-order valence-corrected chi connectivity index (χ2v) is 7.30. The highest BCUT2D eigenvalue weighted by atomic mass is 32.2. The third kappa shape index (κ3) is 6.07. The van der Waals surface area contributed by atoms with Crippen LogP contribution in [0.5, 0.6) is 5.75 Å². The van der Waals surface area contributed by atoms with Crippen molar-refractivity contribution in [2.24, 2.45) is 11.7 Å². The Kier molecular flexibility index (Phi) is 6.31. The maximum absolute atomic E-state index is 11.8. The van der Waals surface area contributed by atoms with E-state index >= 15 is 0 Å². The van der Waals surface area contributed by atoms with Crippen LogP contribution in [0.25, 0.3) is 0 Å². The number of para-hydroxylation sites is 1. The number of sulfone groups is 1. The Hall–Kier alpha value is -1.07. The van der Waals surface area contributed by atoms with Gasteiger partial charge in [0.25, 0.3) is 0 Å². The van der Waals surface area contributed by atoms with Gasteiger partial charge in [0.2, 0.25) is 0 Å². The average molecular weight is 285 g/mol. The van der Waals surface area contributed by atoms with E-state index in [-0.39, 0.29) is 18.1 Å². The van der Waals surface area contributed by atoms with Gasteiger partial charge in [-0.3, -0.25) is 0 Å². The van der Waals surface area contributed by atoms with E-state index in [2.05, 4.69) is 0 Å². The Labute approximate surface area is 115 Å². The van der Waals surface area contributed by atoms with Crippen LogP contribution in [-0.2, 0) is 16.4 Å². The van der Waals surface area contributed by atoms with Crippen LogP contribution in [0, 0.1) is 5.92 Å². The first-order valence-electron chi connectivity index (χ1n) is 6.56. The molecule has 0 saturated heterocycles. The molecule has 0 spiro atoms. The average Bonchev–Trinajstić information content (AvgIpc) is 2.37. The molecule has 0 saturated carbocycles. The van der Waals surface area contributed by atoms with E-state index in [4.69, 9.17) is 10.5 Å². The summed E-state index contributed by atoms with van der Waals surface area (Å²) in [6.07, 6.45) is 0.696. The molecule has 19 heavy (non-hydrogen) atoms. The molecule has 2 N–H and O–H groups in total. The molecule has 0 aliphatic rings. The Morgan fingerprint density at radius 3 is 2.53 bits per heavy atom. The van der Waals surface area contributed by atoms with Crippen molar-refractivity contribution >= 4 is 9.84 Å². The molecule has 0 aliphatic heterocycles. The zero-order chi connectivity index (χ0) is 14.3. The lowest BCUT2D eigenvalue weighted by atomic mass is 10.2. The fraction of sp³-hybridized carbons (Fsp3) is 0.571. The maximum Gasteiger partial charge on any atom is 0.153 e. The fourth-order valence-electron chi connectivity index (χ4n) is 1.61. The molecule has 5 heteroatoms. The van der Waals surface area contributed by atoms with Gasteiger partial charge in [-0.1, -0.05) is 32.0 Å². The van der Waals surface area contributed by atoms with E-state index in [9.17, 15) is 8.42 Å². The van der Waals surface area contributed by atoms with E-state index in [1.54, 1.807) is 0 Å². The van der Waals surface area contributed by atoms with Crippen LogP contribution in [0.15, 0.2) is 24.3 Å². The summed E-state index contributed by atoms with van der Waals surface area (Å²) in [4.78, 5) is 0. The van der Waals surface area contributed by atoms with Crippen LogP contribution in [0.1, 0.15) is 25.8 Å². The summed E-state index contributed by atoms with van der Waals surface area (Å²) in [6, 6.07) is 7.42. The van der Waals surface area contributed by atoms with Crippen molar-refractivity contribution in [2.75, 3.05) is 18.1 Å². The second kappa shape index (κ2) is 7.50. The van der Waals surface area contributed by atoms with Gasteiger partial charge in [-0.2, -0.15) is 0 Å². The summed E-state index contributed by atoms with van der Waals surface area (Å²) >= 11 is 0. The van der Waals surface area contributed by atoms with Gasteiger partial charge in [-0.25, -0.2) is 8.42 Å². The molecule has 1 rings (SSSR count). The summed E-state index contributed by atoms with van der Waals surface area (Å²) in [5, 5.41) is 0. The van der Waals surface area contributed by atoms with Crippen LogP contribution in [0.2, 0.25) is 0 Å². The zero-order valence-corrected chi connectivity index (χ0v) is 12.4. The van der Waals surface area contributed by atoms with Crippen LogP contribution >= 0.6 is 0 Å². The fourth-order valence-corrected chi connectivity index (χ4v) is 2.98. The topological polar surface area (TPSA) is 69.4 Å². The molecule has 0 amide bonds. The molecular formula is C14H23NO3S. The van der Waals surface area contributed by atoms with Gasteiger partial charge < -0.3 is 10.5 Å². The van der Waals surface area contributed by atoms with Crippen molar-refractivity contribution in [3.63, 3.8) is 0 Å². The van der Waals surface area contributed by atoms with Gasteiger partial charge in [-0.05, 0) is 18.4 Å². The number of benzene rings is 1. The van der Waals surface area contributed by atoms with Gasteiger partial charge in [0.1, 0.15) is 12.4 Å². The van der Waals surface area contributed by atoms with Crippen molar-refractivity contribution in [3.05, 3.63) is 29.8 Å². The van der Waals surface area contributed by atoms with Crippen LogP contribution in [0.4, 0.5) is 0 Å². The monoisotopic (exact) mass is 285 g/mol. The van der Waals surface area contributed by atoms with Crippen LogP contribution < -0.4 is 10.5 Å². The van der Waals surface area contributed by atoms with Crippen molar-refractivity contribution < 1.29 is 13.2 Å². The highest BCUT2D eigenvalue weighted by molar-refractivity contribution is 7.91. The molecule has 0 aliphatic carbocycles. The SMILES string of the molecule is CC(C)CCS(=O)(=O)CCOc1ccccc1CN. The largest absolute Gasteiger partial charge is 0.492 e. The highest BCUT2D eigenvalue weighted by Crippen LogP contribution is 2.17. The lowest BCUT2D eigenvalue weighted by Crippen LogP contribution is -2.18. The summed E-state index contributed by atoms with van der Waals surface area (Å²) < 4.78 is 29.1. The predicted molar refractivity (Wildman–Crippen MR) is 77.9 cm³/mol. The first-order valence-corrected chi connectivity index (χ1v) is 8.38. The third-order valence-electron chi connectivity index (χ3n) is 2.85. The minimum absolute atomic E-state index is 0.0542. The van der Waals surface area contributed by atoms with E-state index in [0.717, 1.165) is 5.56 Å². The third-order valence-corrected chi connectivity index (χ3v) is 4.50. The Balaban J connectivity index is 2.45. The number of ether oxygens (including phenoxy) is 1. The number of rotatable bonds is 8. The van der Waals surface area contributed by atoms with Crippen molar-refractivity contribution in [3.8, 4) is 5.75 Å². The summed E-state index contributed by atoms with van der Waals surface area (Å²) in [5.41, 5.74) is 6.48. The normalized spacial score (nSPS) is 11.8. The summed E-state index contributed by atoms with van der Waals surface area (Å²) in [6.45, 7) is 4.60. The first-order chi connectivity index (χ1) is 8.94. The molecule has 4 nitrogen and oxygen atoms in total. The Bertz CT molecular complexity index is 483. The standard InChI is InChI=1S/C14H23NO3S/c1-12(2)7-9-19(16,17)10-8-18-14-6-4-3-5-13(14)11-15/h3-6,12H,7-11,15H2,1-2H3. The van der Waals surface area contributed by atoms with E-state index in [0.29, 0.717) is 24.6 Å². The van der Waals surface area contributed by atoms with Gasteiger partial charge in [-0.15, -0.1) is 0 Å². The number of hydrogen-bond donors (Lipinski definition) is 1. The van der Waals surface area contributed by atoms with Crippen molar-refractivity contribution in [2.45, 2.75) is 26.8 Å². The van der Waals surface area contributed by atoms with Gasteiger partial charge in [0.15, 0.2) is 9.84 Å². The lowest BCUT2D eigenvalue weighted by molar-refractivity contribution is 0.337. The smallest absolute Gasteiger partial charge is 0.153 e. The molecule has 108 valence electrons. The van der Waals surface area contributed by atoms with E-state index in [1.165, 1.54) is 0 Å². The van der Waals surface area contributed by atoms with Gasteiger partial charge >= 0.3 is 0 Å². The molecule has 0 radical (unpaired) electrons. The quantitative estimate of drug-likeness (QED) is 0.793. The van der Waals surface area contributed by atoms with Crippen molar-refractivity contribution in [1.29, 1.82) is 0 Å². The van der Waals surface area contributed by atoms with Gasteiger partial charge in [0, 0.05) is 12.1 Å². The molecule has 0 atom stereocenters. The van der Waals surface area contributed by atoms with E-state index in [1.807, 2.05) is 38.1 Å². The van der Waals surface area contributed by atoms with Crippen LogP contribution in [-0.4, -0.2) is 26.5 Å². The molecule has 0 heterocycles. The Morgan fingerprint density at radius 2 is 1.89 bits per heavy atom. The maximum atomic E-state index is 11.8. The zero-order valence-electron chi connectivity index (χ0n) is 11.6. The Morgan fingerprint density at radius 1 is 1.21 bits per heavy atom. The molecule has 0 aromatic heterocycles. The molecule has 1 aromatic carbocycles.